The second-order valence-electron chi connectivity index (χ2n) is 4.12. The summed E-state index contributed by atoms with van der Waals surface area (Å²) in [6, 6.07) is 8.31. The van der Waals surface area contributed by atoms with E-state index in [1.165, 1.54) is 18.2 Å². The summed E-state index contributed by atoms with van der Waals surface area (Å²) in [5, 5.41) is 0. The normalized spacial score (nSPS) is 10.4. The molecule has 0 aliphatic rings. The Bertz CT molecular complexity index is 677. The van der Waals surface area contributed by atoms with Crippen LogP contribution in [0.25, 0.3) is 0 Å². The fraction of sp³-hybridized carbons (Fsp3) is 0.133. The van der Waals surface area contributed by atoms with Gasteiger partial charge in [0.2, 0.25) is 0 Å². The molecule has 0 atom stereocenters. The van der Waals surface area contributed by atoms with E-state index in [9.17, 15) is 13.6 Å². The first-order chi connectivity index (χ1) is 10.0. The van der Waals surface area contributed by atoms with Crippen molar-refractivity contribution >= 4 is 23.4 Å². The highest BCUT2D eigenvalue weighted by molar-refractivity contribution is 7.99. The van der Waals surface area contributed by atoms with Crippen molar-refractivity contribution in [2.24, 2.45) is 0 Å². The SMILES string of the molecule is CCOC(=O)c1cc(Sc2ccccc2F)c(F)cc1N. The highest BCUT2D eigenvalue weighted by Crippen LogP contribution is 2.34. The minimum Gasteiger partial charge on any atom is -0.462 e. The Kier molecular flexibility index (Phi) is 4.80. The molecule has 2 N–H and O–H groups in total. The first-order valence-corrected chi connectivity index (χ1v) is 7.03. The van der Waals surface area contributed by atoms with Gasteiger partial charge in [0.05, 0.1) is 12.2 Å². The van der Waals surface area contributed by atoms with E-state index in [0.717, 1.165) is 17.8 Å². The molecular formula is C15H13F2NO2S. The monoisotopic (exact) mass is 309 g/mol. The molecule has 21 heavy (non-hydrogen) atoms. The molecule has 6 heteroatoms. The van der Waals surface area contributed by atoms with Crippen LogP contribution >= 0.6 is 11.8 Å². The van der Waals surface area contributed by atoms with Crippen LogP contribution in [0, 0.1) is 11.6 Å². The van der Waals surface area contributed by atoms with Crippen molar-refractivity contribution in [2.75, 3.05) is 12.3 Å². The van der Waals surface area contributed by atoms with Gasteiger partial charge in [-0.3, -0.25) is 0 Å². The van der Waals surface area contributed by atoms with Crippen LogP contribution in [-0.2, 0) is 4.74 Å². The Morgan fingerprint density at radius 1 is 1.19 bits per heavy atom. The molecule has 0 fully saturated rings. The summed E-state index contributed by atoms with van der Waals surface area (Å²) in [5.41, 5.74) is 5.68. The Labute approximate surface area is 125 Å². The summed E-state index contributed by atoms with van der Waals surface area (Å²) < 4.78 is 32.4. The fourth-order valence-corrected chi connectivity index (χ4v) is 2.56. The van der Waals surface area contributed by atoms with Crippen molar-refractivity contribution in [1.29, 1.82) is 0 Å². The van der Waals surface area contributed by atoms with Gasteiger partial charge in [-0.1, -0.05) is 23.9 Å². The number of rotatable bonds is 4. The van der Waals surface area contributed by atoms with Crippen LogP contribution in [0.4, 0.5) is 14.5 Å². The number of anilines is 1. The second-order valence-corrected chi connectivity index (χ2v) is 5.21. The van der Waals surface area contributed by atoms with Crippen LogP contribution < -0.4 is 5.73 Å². The van der Waals surface area contributed by atoms with Gasteiger partial charge in [0, 0.05) is 15.5 Å². The average molecular weight is 309 g/mol. The minimum atomic E-state index is -0.634. The predicted octanol–water partition coefficient (Wildman–Crippen LogP) is 3.87. The summed E-state index contributed by atoms with van der Waals surface area (Å²) in [6.07, 6.45) is 0. The summed E-state index contributed by atoms with van der Waals surface area (Å²) in [4.78, 5) is 12.1. The van der Waals surface area contributed by atoms with Gasteiger partial charge in [0.1, 0.15) is 11.6 Å². The summed E-state index contributed by atoms with van der Waals surface area (Å²) >= 11 is 0.886. The molecule has 0 radical (unpaired) electrons. The molecule has 3 nitrogen and oxygen atoms in total. The van der Waals surface area contributed by atoms with Crippen molar-refractivity contribution in [3.63, 3.8) is 0 Å². The zero-order chi connectivity index (χ0) is 15.4. The number of carbonyl (C=O) groups excluding carboxylic acids is 1. The zero-order valence-corrected chi connectivity index (χ0v) is 12.0. The summed E-state index contributed by atoms with van der Waals surface area (Å²) in [7, 11) is 0. The number of nitrogens with two attached hydrogens (primary N) is 1. The smallest absolute Gasteiger partial charge is 0.340 e. The lowest BCUT2D eigenvalue weighted by atomic mass is 10.2. The third-order valence-corrected chi connectivity index (χ3v) is 3.74. The predicted molar refractivity (Wildman–Crippen MR) is 77.3 cm³/mol. The maximum atomic E-state index is 13.9. The molecule has 0 saturated carbocycles. The maximum absolute atomic E-state index is 13.9. The number of nitrogen functional groups attached to an aromatic ring is 1. The average Bonchev–Trinajstić information content (AvgIpc) is 2.44. The molecule has 0 unspecified atom stereocenters. The number of carbonyl (C=O) groups is 1. The lowest BCUT2D eigenvalue weighted by Crippen LogP contribution is -2.08. The van der Waals surface area contributed by atoms with Crippen LogP contribution in [0.1, 0.15) is 17.3 Å². The number of hydrogen-bond donors (Lipinski definition) is 1. The lowest BCUT2D eigenvalue weighted by molar-refractivity contribution is 0.0527. The molecule has 0 aliphatic carbocycles. The topological polar surface area (TPSA) is 52.3 Å². The quantitative estimate of drug-likeness (QED) is 0.688. The van der Waals surface area contributed by atoms with Crippen molar-refractivity contribution in [2.45, 2.75) is 16.7 Å². The van der Waals surface area contributed by atoms with E-state index in [4.69, 9.17) is 10.5 Å². The van der Waals surface area contributed by atoms with Crippen LogP contribution in [0.5, 0.6) is 0 Å². The number of esters is 1. The number of benzene rings is 2. The molecule has 0 saturated heterocycles. The van der Waals surface area contributed by atoms with E-state index in [2.05, 4.69) is 0 Å². The van der Waals surface area contributed by atoms with E-state index < -0.39 is 17.6 Å². The maximum Gasteiger partial charge on any atom is 0.340 e. The molecule has 0 amide bonds. The summed E-state index contributed by atoms with van der Waals surface area (Å²) in [6.45, 7) is 1.85. The molecule has 0 aromatic heterocycles. The summed E-state index contributed by atoms with van der Waals surface area (Å²) in [5.74, 6) is -1.71. The molecule has 110 valence electrons. The molecule has 2 aromatic carbocycles. The van der Waals surface area contributed by atoms with E-state index in [1.54, 1.807) is 19.1 Å². The fourth-order valence-electron chi connectivity index (χ4n) is 1.68. The largest absolute Gasteiger partial charge is 0.462 e. The van der Waals surface area contributed by atoms with Gasteiger partial charge in [0.15, 0.2) is 0 Å². The minimum absolute atomic E-state index is 0.0103. The standard InChI is InChI=1S/C15H13F2NO2S/c1-2-20-15(19)9-7-14(11(17)8-12(9)18)21-13-6-4-3-5-10(13)16/h3-8H,2,18H2,1H3. The first-order valence-electron chi connectivity index (χ1n) is 6.21. The van der Waals surface area contributed by atoms with Crippen molar-refractivity contribution in [1.82, 2.24) is 0 Å². The lowest BCUT2D eigenvalue weighted by Gasteiger charge is -2.09. The third kappa shape index (κ3) is 3.52. The molecule has 2 aromatic rings. The zero-order valence-electron chi connectivity index (χ0n) is 11.2. The molecule has 2 rings (SSSR count). The Morgan fingerprint density at radius 2 is 1.90 bits per heavy atom. The highest BCUT2D eigenvalue weighted by Gasteiger charge is 2.16. The Hall–Kier alpha value is -2.08. The van der Waals surface area contributed by atoms with E-state index >= 15 is 0 Å². The van der Waals surface area contributed by atoms with Crippen LogP contribution in [0.2, 0.25) is 0 Å². The van der Waals surface area contributed by atoms with Gasteiger partial charge in [-0.25, -0.2) is 13.6 Å². The van der Waals surface area contributed by atoms with Gasteiger partial charge < -0.3 is 10.5 Å². The molecular weight excluding hydrogens is 296 g/mol. The molecule has 0 heterocycles. The van der Waals surface area contributed by atoms with Crippen LogP contribution in [0.3, 0.4) is 0 Å². The van der Waals surface area contributed by atoms with Gasteiger partial charge in [-0.15, -0.1) is 0 Å². The van der Waals surface area contributed by atoms with Gasteiger partial charge in [-0.05, 0) is 31.2 Å². The number of ether oxygens (including phenoxy) is 1. The first kappa shape index (κ1) is 15.3. The van der Waals surface area contributed by atoms with Crippen molar-refractivity contribution in [3.05, 3.63) is 53.6 Å². The highest BCUT2D eigenvalue weighted by atomic mass is 32.2. The molecule has 0 bridgehead atoms. The Balaban J connectivity index is 2.38. The van der Waals surface area contributed by atoms with Gasteiger partial charge in [0.25, 0.3) is 0 Å². The van der Waals surface area contributed by atoms with E-state index in [1.807, 2.05) is 0 Å². The second kappa shape index (κ2) is 6.58. The third-order valence-electron chi connectivity index (χ3n) is 2.66. The van der Waals surface area contributed by atoms with E-state index in [0.29, 0.717) is 0 Å². The number of halogens is 2. The van der Waals surface area contributed by atoms with Crippen molar-refractivity contribution < 1.29 is 18.3 Å². The van der Waals surface area contributed by atoms with Crippen molar-refractivity contribution in [3.8, 4) is 0 Å². The molecule has 0 aliphatic heterocycles. The van der Waals surface area contributed by atoms with Crippen LogP contribution in [0.15, 0.2) is 46.2 Å². The van der Waals surface area contributed by atoms with Crippen LogP contribution in [-0.4, -0.2) is 12.6 Å². The van der Waals surface area contributed by atoms with Gasteiger partial charge >= 0.3 is 5.97 Å². The number of hydrogen-bond acceptors (Lipinski definition) is 4. The van der Waals surface area contributed by atoms with Gasteiger partial charge in [-0.2, -0.15) is 0 Å². The molecule has 0 spiro atoms. The van der Waals surface area contributed by atoms with E-state index in [-0.39, 0.29) is 27.6 Å². The Morgan fingerprint density at radius 3 is 2.57 bits per heavy atom.